The molecule has 0 fully saturated rings. The second-order valence-electron chi connectivity index (χ2n) is 4.89. The Morgan fingerprint density at radius 2 is 1.73 bits per heavy atom. The van der Waals surface area contributed by atoms with Gasteiger partial charge in [-0.15, -0.1) is 0 Å². The van der Waals surface area contributed by atoms with E-state index in [9.17, 15) is 19.5 Å². The third-order valence-electron chi connectivity index (χ3n) is 2.93. The summed E-state index contributed by atoms with van der Waals surface area (Å²) in [7, 11) is 1.85. The van der Waals surface area contributed by atoms with Crippen molar-refractivity contribution >= 4 is 17.7 Å². The monoisotopic (exact) mass is 304 g/mol. The number of carboxylic acid groups (broad SMARTS) is 1. The summed E-state index contributed by atoms with van der Waals surface area (Å²) in [6.07, 6.45) is 2.31. The molecule has 1 aromatic rings. The van der Waals surface area contributed by atoms with E-state index in [1.54, 1.807) is 0 Å². The molecule has 0 bridgehead atoms. The highest BCUT2D eigenvalue weighted by atomic mass is 16.4. The number of carboxylic acids is 1. The summed E-state index contributed by atoms with van der Waals surface area (Å²) < 4.78 is 0. The summed E-state index contributed by atoms with van der Waals surface area (Å²) >= 11 is 0. The van der Waals surface area contributed by atoms with Crippen LogP contribution in [0.1, 0.15) is 18.1 Å². The van der Waals surface area contributed by atoms with Gasteiger partial charge in [0.05, 0.1) is 0 Å². The summed E-state index contributed by atoms with van der Waals surface area (Å²) in [6, 6.07) is 6.43. The van der Waals surface area contributed by atoms with E-state index in [0.717, 1.165) is 29.8 Å². The lowest BCUT2D eigenvalue weighted by molar-refractivity contribution is -0.141. The molecule has 22 heavy (non-hydrogen) atoms. The number of benzene rings is 1. The zero-order chi connectivity index (χ0) is 16.5. The zero-order valence-corrected chi connectivity index (χ0v) is 12.6. The maximum atomic E-state index is 11.6. The number of rotatable bonds is 8. The molecule has 6 heteroatoms. The Balaban J connectivity index is 2.69. The molecule has 118 valence electrons. The topological polar surface area (TPSA) is 95.5 Å². The lowest BCUT2D eigenvalue weighted by atomic mass is 10.0. The fraction of sp³-hybridized carbons (Fsp3) is 0.312. The third kappa shape index (κ3) is 6.32. The van der Waals surface area contributed by atoms with Crippen LogP contribution in [-0.2, 0) is 27.3 Å². The van der Waals surface area contributed by atoms with Gasteiger partial charge in [0, 0.05) is 19.0 Å². The Morgan fingerprint density at radius 1 is 1.14 bits per heavy atom. The number of carbonyl (C=O) groups excluding carboxylic acids is 2. The molecule has 0 aliphatic rings. The predicted molar refractivity (Wildman–Crippen MR) is 82.3 cm³/mol. The van der Waals surface area contributed by atoms with E-state index in [1.165, 1.54) is 6.92 Å². The van der Waals surface area contributed by atoms with E-state index in [4.69, 9.17) is 0 Å². The van der Waals surface area contributed by atoms with Gasteiger partial charge in [0.25, 0.3) is 0 Å². The first-order valence-corrected chi connectivity index (χ1v) is 6.86. The van der Waals surface area contributed by atoms with Gasteiger partial charge < -0.3 is 15.7 Å². The van der Waals surface area contributed by atoms with Gasteiger partial charge in [0.1, 0.15) is 6.04 Å². The van der Waals surface area contributed by atoms with Gasteiger partial charge in [-0.25, -0.2) is 4.79 Å². The highest BCUT2D eigenvalue weighted by molar-refractivity contribution is 5.97. The normalized spacial score (nSPS) is 12.1. The number of aliphatic carboxylic acids is 1. The van der Waals surface area contributed by atoms with Crippen molar-refractivity contribution in [2.45, 2.75) is 25.9 Å². The van der Waals surface area contributed by atoms with Gasteiger partial charge in [-0.3, -0.25) is 9.59 Å². The smallest absolute Gasteiger partial charge is 0.326 e. The summed E-state index contributed by atoms with van der Waals surface area (Å²) in [5.74, 6) is -2.00. The van der Waals surface area contributed by atoms with E-state index < -0.39 is 17.9 Å². The number of ketones is 1. The van der Waals surface area contributed by atoms with Crippen LogP contribution in [0.15, 0.2) is 36.4 Å². The van der Waals surface area contributed by atoms with E-state index in [-0.39, 0.29) is 12.2 Å². The first kappa shape index (κ1) is 17.6. The SMILES string of the molecule is CNCc1ccc(C[C@H](NC(=O)/C=C/C(C)=O)C(=O)O)cc1. The van der Waals surface area contributed by atoms with Crippen LogP contribution in [0, 0.1) is 0 Å². The average Bonchev–Trinajstić information content (AvgIpc) is 2.46. The number of carbonyl (C=O) groups is 3. The van der Waals surface area contributed by atoms with Crippen molar-refractivity contribution in [3.63, 3.8) is 0 Å². The highest BCUT2D eigenvalue weighted by Crippen LogP contribution is 2.07. The largest absolute Gasteiger partial charge is 0.480 e. The number of hydrogen-bond acceptors (Lipinski definition) is 4. The van der Waals surface area contributed by atoms with Crippen LogP contribution >= 0.6 is 0 Å². The van der Waals surface area contributed by atoms with Crippen molar-refractivity contribution in [2.75, 3.05) is 7.05 Å². The van der Waals surface area contributed by atoms with E-state index in [0.29, 0.717) is 0 Å². The van der Waals surface area contributed by atoms with Crippen LogP contribution in [0.4, 0.5) is 0 Å². The Kier molecular flexibility index (Phi) is 6.98. The van der Waals surface area contributed by atoms with Gasteiger partial charge in [0.2, 0.25) is 5.91 Å². The summed E-state index contributed by atoms with van der Waals surface area (Å²) in [5.41, 5.74) is 1.90. The van der Waals surface area contributed by atoms with Crippen molar-refractivity contribution in [3.05, 3.63) is 47.5 Å². The number of allylic oxidation sites excluding steroid dienone is 1. The van der Waals surface area contributed by atoms with Crippen molar-refractivity contribution in [1.82, 2.24) is 10.6 Å². The molecule has 0 aromatic heterocycles. The first-order valence-electron chi connectivity index (χ1n) is 6.86. The molecule has 6 nitrogen and oxygen atoms in total. The molecule has 3 N–H and O–H groups in total. The maximum Gasteiger partial charge on any atom is 0.326 e. The molecule has 0 heterocycles. The quantitative estimate of drug-likeness (QED) is 0.613. The summed E-state index contributed by atoms with van der Waals surface area (Å²) in [5, 5.41) is 14.6. The second-order valence-corrected chi connectivity index (χ2v) is 4.89. The van der Waals surface area contributed by atoms with Crippen LogP contribution in [0.3, 0.4) is 0 Å². The van der Waals surface area contributed by atoms with E-state index >= 15 is 0 Å². The summed E-state index contributed by atoms with van der Waals surface area (Å²) in [6.45, 7) is 2.04. The lowest BCUT2D eigenvalue weighted by Crippen LogP contribution is -2.41. The fourth-order valence-electron chi connectivity index (χ4n) is 1.85. The summed E-state index contributed by atoms with van der Waals surface area (Å²) in [4.78, 5) is 33.6. The van der Waals surface area contributed by atoms with Crippen molar-refractivity contribution in [2.24, 2.45) is 0 Å². The van der Waals surface area contributed by atoms with Gasteiger partial charge in [-0.05, 0) is 31.2 Å². The van der Waals surface area contributed by atoms with Crippen molar-refractivity contribution in [3.8, 4) is 0 Å². The van der Waals surface area contributed by atoms with Crippen LogP contribution in [-0.4, -0.2) is 35.9 Å². The molecule has 0 aliphatic heterocycles. The van der Waals surface area contributed by atoms with Gasteiger partial charge in [-0.1, -0.05) is 24.3 Å². The van der Waals surface area contributed by atoms with Crippen LogP contribution < -0.4 is 10.6 Å². The minimum absolute atomic E-state index is 0.175. The Labute approximate surface area is 129 Å². The first-order chi connectivity index (χ1) is 10.4. The molecular weight excluding hydrogens is 284 g/mol. The number of nitrogens with one attached hydrogen (secondary N) is 2. The van der Waals surface area contributed by atoms with Crippen molar-refractivity contribution in [1.29, 1.82) is 0 Å². The molecule has 0 unspecified atom stereocenters. The average molecular weight is 304 g/mol. The molecule has 0 radical (unpaired) electrons. The molecule has 0 aliphatic carbocycles. The third-order valence-corrected chi connectivity index (χ3v) is 2.93. The molecule has 1 aromatic carbocycles. The molecule has 0 saturated carbocycles. The number of amides is 1. The van der Waals surface area contributed by atoms with Gasteiger partial charge >= 0.3 is 5.97 Å². The number of hydrogen-bond donors (Lipinski definition) is 3. The van der Waals surface area contributed by atoms with Crippen molar-refractivity contribution < 1.29 is 19.5 Å². The minimum atomic E-state index is -1.12. The molecule has 1 amide bonds. The highest BCUT2D eigenvalue weighted by Gasteiger charge is 2.19. The fourth-order valence-corrected chi connectivity index (χ4v) is 1.85. The zero-order valence-electron chi connectivity index (χ0n) is 12.6. The molecule has 0 saturated heterocycles. The van der Waals surface area contributed by atoms with Crippen LogP contribution in [0.25, 0.3) is 0 Å². The lowest BCUT2D eigenvalue weighted by Gasteiger charge is -2.13. The molecule has 0 spiro atoms. The molecular formula is C16H20N2O4. The van der Waals surface area contributed by atoms with Crippen LogP contribution in [0.5, 0.6) is 0 Å². The van der Waals surface area contributed by atoms with E-state index in [1.807, 2.05) is 31.3 Å². The van der Waals surface area contributed by atoms with Gasteiger partial charge in [0.15, 0.2) is 5.78 Å². The molecule has 1 rings (SSSR count). The Bertz CT molecular complexity index is 564. The Hall–Kier alpha value is -2.47. The minimum Gasteiger partial charge on any atom is -0.480 e. The standard InChI is InChI=1S/C16H20N2O4/c1-11(19)3-8-15(20)18-14(16(21)22)9-12-4-6-13(7-5-12)10-17-2/h3-8,14,17H,9-10H2,1-2H3,(H,18,20)(H,21,22)/b8-3+/t14-/m0/s1. The Morgan fingerprint density at radius 3 is 2.23 bits per heavy atom. The second kappa shape index (κ2) is 8.74. The van der Waals surface area contributed by atoms with Crippen LogP contribution in [0.2, 0.25) is 0 Å². The molecule has 1 atom stereocenters. The van der Waals surface area contributed by atoms with Gasteiger partial charge in [-0.2, -0.15) is 0 Å². The maximum absolute atomic E-state index is 11.6. The van der Waals surface area contributed by atoms with E-state index in [2.05, 4.69) is 10.6 Å². The predicted octanol–water partition coefficient (Wildman–Crippen LogP) is 0.663.